The fourth-order valence-corrected chi connectivity index (χ4v) is 4.85. The lowest BCUT2D eigenvalue weighted by atomic mass is 9.72. The van der Waals surface area contributed by atoms with E-state index in [2.05, 4.69) is 46.4 Å². The van der Waals surface area contributed by atoms with Gasteiger partial charge in [0, 0.05) is 0 Å². The molecule has 0 aromatic carbocycles. The Morgan fingerprint density at radius 1 is 1.14 bits per heavy atom. The van der Waals surface area contributed by atoms with E-state index in [1.165, 1.54) is 44.1 Å². The second-order valence-corrected chi connectivity index (χ2v) is 8.48. The Morgan fingerprint density at radius 3 is 2.62 bits per heavy atom. The van der Waals surface area contributed by atoms with Gasteiger partial charge < -0.3 is 4.74 Å². The average molecular weight is 288 g/mol. The zero-order valence-corrected chi connectivity index (χ0v) is 14.3. The van der Waals surface area contributed by atoms with Crippen molar-refractivity contribution < 1.29 is 4.74 Å². The van der Waals surface area contributed by atoms with E-state index < -0.39 is 0 Å². The van der Waals surface area contributed by atoms with Gasteiger partial charge in [0.05, 0.1) is 11.7 Å². The molecular formula is C20H32O. The molecule has 0 N–H and O–H groups in total. The molecule has 2 aliphatic carbocycles. The minimum Gasteiger partial charge on any atom is -0.366 e. The maximum atomic E-state index is 6.06. The van der Waals surface area contributed by atoms with Crippen LogP contribution >= 0.6 is 0 Å². The number of epoxide rings is 1. The summed E-state index contributed by atoms with van der Waals surface area (Å²) in [6.45, 7) is 13.7. The highest BCUT2D eigenvalue weighted by Gasteiger charge is 2.53. The van der Waals surface area contributed by atoms with Crippen LogP contribution in [0.1, 0.15) is 66.2 Å². The Morgan fingerprint density at radius 2 is 1.90 bits per heavy atom. The van der Waals surface area contributed by atoms with Gasteiger partial charge in [-0.15, -0.1) is 0 Å². The second kappa shape index (κ2) is 5.26. The van der Waals surface area contributed by atoms with Gasteiger partial charge in [0.25, 0.3) is 0 Å². The number of rotatable bonds is 1. The van der Waals surface area contributed by atoms with Crippen LogP contribution in [0.15, 0.2) is 24.3 Å². The molecule has 3 aliphatic rings. The number of fused-ring (bicyclic) bond motifs is 2. The lowest BCUT2D eigenvalue weighted by Gasteiger charge is -2.33. The van der Waals surface area contributed by atoms with E-state index >= 15 is 0 Å². The minimum absolute atomic E-state index is 0.174. The highest BCUT2D eigenvalue weighted by atomic mass is 16.6. The monoisotopic (exact) mass is 288 g/mol. The first-order valence-corrected chi connectivity index (χ1v) is 8.87. The maximum absolute atomic E-state index is 6.06. The SMILES string of the molecule is C=C(C)C1CCC2(C)C=CC(C)CCC3OC3(C)CCC12. The summed E-state index contributed by atoms with van der Waals surface area (Å²) in [5, 5.41) is 0. The van der Waals surface area contributed by atoms with E-state index in [1.807, 2.05) is 0 Å². The summed E-state index contributed by atoms with van der Waals surface area (Å²) in [6.07, 6.45) is 13.2. The predicted octanol–water partition coefficient (Wildman–Crippen LogP) is 5.52. The Labute approximate surface area is 130 Å². The first-order valence-electron chi connectivity index (χ1n) is 8.87. The van der Waals surface area contributed by atoms with Crippen LogP contribution in [0.3, 0.4) is 0 Å². The maximum Gasteiger partial charge on any atom is 0.0920 e. The minimum atomic E-state index is 0.174. The molecule has 0 aromatic rings. The standard InChI is InChI=1S/C20H32O/c1-14(2)16-9-12-19(4)11-8-15(3)6-7-18-20(5,21-18)13-10-17(16)19/h8,11,15-18H,1,6-7,9-10,12-13H2,2-5H3. The molecule has 118 valence electrons. The molecule has 1 saturated heterocycles. The Balaban J connectivity index is 1.86. The number of hydrogen-bond acceptors (Lipinski definition) is 1. The van der Waals surface area contributed by atoms with Gasteiger partial charge in [-0.3, -0.25) is 0 Å². The van der Waals surface area contributed by atoms with Crippen molar-refractivity contribution in [3.63, 3.8) is 0 Å². The van der Waals surface area contributed by atoms with Crippen molar-refractivity contribution in [3.05, 3.63) is 24.3 Å². The van der Waals surface area contributed by atoms with Crippen molar-refractivity contribution in [2.24, 2.45) is 23.2 Å². The van der Waals surface area contributed by atoms with Gasteiger partial charge >= 0.3 is 0 Å². The van der Waals surface area contributed by atoms with Crippen LogP contribution in [-0.2, 0) is 4.74 Å². The van der Waals surface area contributed by atoms with E-state index in [-0.39, 0.29) is 5.60 Å². The largest absolute Gasteiger partial charge is 0.366 e. The van der Waals surface area contributed by atoms with Crippen LogP contribution in [0, 0.1) is 23.2 Å². The summed E-state index contributed by atoms with van der Waals surface area (Å²) < 4.78 is 6.06. The second-order valence-electron chi connectivity index (χ2n) is 8.48. The third kappa shape index (κ3) is 2.86. The lowest BCUT2D eigenvalue weighted by molar-refractivity contribution is 0.214. The molecule has 1 aliphatic heterocycles. The Hall–Kier alpha value is -0.560. The fraction of sp³-hybridized carbons (Fsp3) is 0.800. The molecule has 6 atom stereocenters. The third-order valence-electron chi connectivity index (χ3n) is 6.64. The molecular weight excluding hydrogens is 256 g/mol. The molecule has 1 heterocycles. The Bertz CT molecular complexity index is 451. The van der Waals surface area contributed by atoms with Gasteiger partial charge in [-0.2, -0.15) is 0 Å². The van der Waals surface area contributed by atoms with Crippen LogP contribution < -0.4 is 0 Å². The normalized spacial score (nSPS) is 49.9. The van der Waals surface area contributed by atoms with Crippen LogP contribution in [0.25, 0.3) is 0 Å². The number of allylic oxidation sites excluding steroid dienone is 3. The van der Waals surface area contributed by atoms with Gasteiger partial charge in [0.2, 0.25) is 0 Å². The summed E-state index contributed by atoms with van der Waals surface area (Å²) in [5.74, 6) is 2.13. The molecule has 0 aromatic heterocycles. The van der Waals surface area contributed by atoms with Crippen molar-refractivity contribution in [3.8, 4) is 0 Å². The molecule has 1 nitrogen and oxygen atoms in total. The lowest BCUT2D eigenvalue weighted by Crippen LogP contribution is -2.26. The van der Waals surface area contributed by atoms with E-state index in [1.54, 1.807) is 0 Å². The summed E-state index contributed by atoms with van der Waals surface area (Å²) >= 11 is 0. The van der Waals surface area contributed by atoms with E-state index in [0.717, 1.165) is 5.92 Å². The van der Waals surface area contributed by atoms with Gasteiger partial charge in [-0.05, 0) is 75.5 Å². The molecule has 6 unspecified atom stereocenters. The summed E-state index contributed by atoms with van der Waals surface area (Å²) in [5.41, 5.74) is 1.93. The first kappa shape index (κ1) is 15.3. The number of hydrogen-bond donors (Lipinski definition) is 0. The van der Waals surface area contributed by atoms with Crippen molar-refractivity contribution in [1.82, 2.24) is 0 Å². The van der Waals surface area contributed by atoms with Gasteiger partial charge in [-0.1, -0.05) is 38.2 Å². The van der Waals surface area contributed by atoms with Gasteiger partial charge in [0.15, 0.2) is 0 Å². The van der Waals surface area contributed by atoms with Crippen molar-refractivity contribution in [2.75, 3.05) is 0 Å². The van der Waals surface area contributed by atoms with Crippen molar-refractivity contribution in [1.29, 1.82) is 0 Å². The zero-order valence-electron chi connectivity index (χ0n) is 14.3. The van der Waals surface area contributed by atoms with Gasteiger partial charge in [0.1, 0.15) is 0 Å². The van der Waals surface area contributed by atoms with Crippen molar-refractivity contribution >= 4 is 0 Å². The molecule has 0 spiro atoms. The van der Waals surface area contributed by atoms with E-state index in [4.69, 9.17) is 4.74 Å². The number of ether oxygens (including phenoxy) is 1. The topological polar surface area (TPSA) is 12.5 Å². The smallest absolute Gasteiger partial charge is 0.0920 e. The Kier molecular flexibility index (Phi) is 3.84. The first-order chi connectivity index (χ1) is 9.84. The molecule has 1 heteroatoms. The highest BCUT2D eigenvalue weighted by molar-refractivity contribution is 5.15. The van der Waals surface area contributed by atoms with Crippen LogP contribution in [0.2, 0.25) is 0 Å². The fourth-order valence-electron chi connectivity index (χ4n) is 4.85. The zero-order chi connectivity index (χ0) is 15.3. The summed E-state index contributed by atoms with van der Waals surface area (Å²) in [7, 11) is 0. The molecule has 3 rings (SSSR count). The molecule has 2 fully saturated rings. The summed E-state index contributed by atoms with van der Waals surface area (Å²) in [4.78, 5) is 0. The molecule has 0 radical (unpaired) electrons. The van der Waals surface area contributed by atoms with E-state index in [0.29, 0.717) is 23.4 Å². The van der Waals surface area contributed by atoms with Crippen LogP contribution in [0.5, 0.6) is 0 Å². The predicted molar refractivity (Wildman–Crippen MR) is 89.2 cm³/mol. The highest BCUT2D eigenvalue weighted by Crippen LogP contribution is 2.55. The molecule has 1 saturated carbocycles. The van der Waals surface area contributed by atoms with Crippen LogP contribution in [-0.4, -0.2) is 11.7 Å². The van der Waals surface area contributed by atoms with Gasteiger partial charge in [-0.25, -0.2) is 0 Å². The van der Waals surface area contributed by atoms with Crippen molar-refractivity contribution in [2.45, 2.75) is 77.9 Å². The van der Waals surface area contributed by atoms with Crippen LogP contribution in [0.4, 0.5) is 0 Å². The molecule has 0 amide bonds. The summed E-state index contributed by atoms with van der Waals surface area (Å²) in [6, 6.07) is 0. The quantitative estimate of drug-likeness (QED) is 0.457. The van der Waals surface area contributed by atoms with E-state index in [9.17, 15) is 0 Å². The molecule has 0 bridgehead atoms. The third-order valence-corrected chi connectivity index (χ3v) is 6.64. The molecule has 21 heavy (non-hydrogen) atoms. The average Bonchev–Trinajstić information content (AvgIpc) is 2.94.